The minimum atomic E-state index is -0.593. The summed E-state index contributed by atoms with van der Waals surface area (Å²) in [6.45, 7) is 9.77. The number of fused-ring (bicyclic) bond motifs is 1. The molecule has 6 heteroatoms. The molecule has 148 valence electrons. The molecule has 1 saturated heterocycles. The first-order valence-electron chi connectivity index (χ1n) is 9.64. The van der Waals surface area contributed by atoms with Gasteiger partial charge >= 0.3 is 0 Å². The summed E-state index contributed by atoms with van der Waals surface area (Å²) in [7, 11) is 0. The fourth-order valence-electron chi connectivity index (χ4n) is 3.30. The maximum absolute atomic E-state index is 10.3. The van der Waals surface area contributed by atoms with E-state index in [1.54, 1.807) is 0 Å². The van der Waals surface area contributed by atoms with Crippen molar-refractivity contribution in [2.75, 3.05) is 46.1 Å². The third kappa shape index (κ3) is 5.36. The third-order valence-corrected chi connectivity index (χ3v) is 5.35. The number of hydrogen-bond acceptors (Lipinski definition) is 6. The summed E-state index contributed by atoms with van der Waals surface area (Å²) in [5.74, 6) is 4.32. The SMILES string of the molecule is C#C[C@](C)(CC)OC[C@H](O)CN1CCN(Cc2ccc3c(c2)OCO3)CC1. The summed E-state index contributed by atoms with van der Waals surface area (Å²) in [6.07, 6.45) is 5.72. The van der Waals surface area contributed by atoms with E-state index < -0.39 is 11.7 Å². The number of rotatable bonds is 8. The van der Waals surface area contributed by atoms with Crippen LogP contribution in [0.15, 0.2) is 18.2 Å². The molecule has 0 bridgehead atoms. The molecule has 1 aromatic rings. The van der Waals surface area contributed by atoms with Crippen LogP contribution in [0.1, 0.15) is 25.8 Å². The quantitative estimate of drug-likeness (QED) is 0.699. The van der Waals surface area contributed by atoms with Crippen molar-refractivity contribution in [2.24, 2.45) is 0 Å². The second-order valence-corrected chi connectivity index (χ2v) is 7.46. The molecule has 2 atom stereocenters. The van der Waals surface area contributed by atoms with E-state index in [0.29, 0.717) is 13.3 Å². The maximum Gasteiger partial charge on any atom is 0.231 e. The van der Waals surface area contributed by atoms with Crippen molar-refractivity contribution < 1.29 is 19.3 Å². The molecule has 6 nitrogen and oxygen atoms in total. The van der Waals surface area contributed by atoms with Crippen LogP contribution in [-0.2, 0) is 11.3 Å². The fraction of sp³-hybridized carbons (Fsp3) is 0.619. The highest BCUT2D eigenvalue weighted by Crippen LogP contribution is 2.32. The minimum Gasteiger partial charge on any atom is -0.454 e. The molecule has 2 heterocycles. The second kappa shape index (κ2) is 8.94. The van der Waals surface area contributed by atoms with E-state index in [2.05, 4.69) is 27.9 Å². The zero-order chi connectivity index (χ0) is 19.3. The Balaban J connectivity index is 1.39. The lowest BCUT2D eigenvalue weighted by Crippen LogP contribution is -2.49. The summed E-state index contributed by atoms with van der Waals surface area (Å²) >= 11 is 0. The number of β-amino-alcohol motifs (C(OH)–C–C–N with tert-alkyl or cyclic N) is 1. The Morgan fingerprint density at radius 1 is 1.22 bits per heavy atom. The molecular weight excluding hydrogens is 344 g/mol. The Bertz CT molecular complexity index is 667. The molecule has 2 aliphatic rings. The van der Waals surface area contributed by atoms with E-state index in [1.807, 2.05) is 19.9 Å². The summed E-state index contributed by atoms with van der Waals surface area (Å²) in [5.41, 5.74) is 0.638. The number of ether oxygens (including phenoxy) is 3. The number of piperazine rings is 1. The van der Waals surface area contributed by atoms with E-state index >= 15 is 0 Å². The molecular formula is C21H30N2O4. The highest BCUT2D eigenvalue weighted by atomic mass is 16.7. The van der Waals surface area contributed by atoms with Crippen molar-refractivity contribution in [2.45, 2.75) is 38.5 Å². The van der Waals surface area contributed by atoms with Gasteiger partial charge in [-0.05, 0) is 31.0 Å². The van der Waals surface area contributed by atoms with Gasteiger partial charge in [-0.25, -0.2) is 0 Å². The van der Waals surface area contributed by atoms with Crippen LogP contribution < -0.4 is 9.47 Å². The molecule has 0 unspecified atom stereocenters. The average molecular weight is 374 g/mol. The van der Waals surface area contributed by atoms with Crippen molar-refractivity contribution in [1.82, 2.24) is 9.80 Å². The highest BCUT2D eigenvalue weighted by Gasteiger charge is 2.24. The average Bonchev–Trinajstić information content (AvgIpc) is 3.15. The standard InChI is InChI=1S/C21H30N2O4/c1-4-21(3,5-2)27-15-18(24)14-23-10-8-22(9-11-23)13-17-6-7-19-20(12-17)26-16-25-19/h1,6-7,12,18,24H,5,8-11,13-16H2,2-3H3/t18-,21-/m1/s1. The Morgan fingerprint density at radius 3 is 2.63 bits per heavy atom. The van der Waals surface area contributed by atoms with Crippen LogP contribution in [-0.4, -0.2) is 72.7 Å². The molecule has 2 aliphatic heterocycles. The smallest absolute Gasteiger partial charge is 0.231 e. The van der Waals surface area contributed by atoms with Gasteiger partial charge in [0.2, 0.25) is 6.79 Å². The molecule has 1 N–H and O–H groups in total. The molecule has 1 fully saturated rings. The van der Waals surface area contributed by atoms with Gasteiger partial charge in [0, 0.05) is 39.3 Å². The second-order valence-electron chi connectivity index (χ2n) is 7.46. The van der Waals surface area contributed by atoms with Gasteiger partial charge in [-0.2, -0.15) is 0 Å². The maximum atomic E-state index is 10.3. The van der Waals surface area contributed by atoms with Crippen LogP contribution in [0.3, 0.4) is 0 Å². The normalized spacial score (nSPS) is 20.8. The molecule has 0 saturated carbocycles. The summed E-state index contributed by atoms with van der Waals surface area (Å²) in [5, 5.41) is 10.3. The predicted octanol–water partition coefficient (Wildman–Crippen LogP) is 1.71. The predicted molar refractivity (Wildman–Crippen MR) is 104 cm³/mol. The summed E-state index contributed by atoms with van der Waals surface area (Å²) in [4.78, 5) is 4.70. The number of hydrogen-bond donors (Lipinski definition) is 1. The van der Waals surface area contributed by atoms with Crippen LogP contribution in [0.25, 0.3) is 0 Å². The largest absolute Gasteiger partial charge is 0.454 e. The lowest BCUT2D eigenvalue weighted by molar-refractivity contribution is -0.0501. The van der Waals surface area contributed by atoms with Crippen LogP contribution in [0.5, 0.6) is 11.5 Å². The van der Waals surface area contributed by atoms with Crippen molar-refractivity contribution in [3.8, 4) is 23.8 Å². The lowest BCUT2D eigenvalue weighted by Gasteiger charge is -2.36. The van der Waals surface area contributed by atoms with Gasteiger partial charge in [0.05, 0.1) is 12.7 Å². The van der Waals surface area contributed by atoms with Gasteiger partial charge in [0.25, 0.3) is 0 Å². The first kappa shape index (κ1) is 20.0. The minimum absolute atomic E-state index is 0.270. The molecule has 27 heavy (non-hydrogen) atoms. The van der Waals surface area contributed by atoms with Gasteiger partial charge in [-0.1, -0.05) is 18.9 Å². The van der Waals surface area contributed by atoms with Crippen LogP contribution in [0, 0.1) is 12.3 Å². The number of aliphatic hydroxyl groups excluding tert-OH is 1. The zero-order valence-electron chi connectivity index (χ0n) is 16.3. The number of aliphatic hydroxyl groups is 1. The molecule has 0 aliphatic carbocycles. The van der Waals surface area contributed by atoms with Gasteiger partial charge in [-0.15, -0.1) is 6.42 Å². The molecule has 0 spiro atoms. The molecule has 0 radical (unpaired) electrons. The van der Waals surface area contributed by atoms with E-state index in [9.17, 15) is 5.11 Å². The van der Waals surface area contributed by atoms with E-state index in [0.717, 1.165) is 50.6 Å². The Morgan fingerprint density at radius 2 is 1.93 bits per heavy atom. The van der Waals surface area contributed by atoms with Gasteiger partial charge in [-0.3, -0.25) is 9.80 Å². The van der Waals surface area contributed by atoms with Gasteiger partial charge in [0.15, 0.2) is 11.5 Å². The monoisotopic (exact) mass is 374 g/mol. The van der Waals surface area contributed by atoms with Crippen LogP contribution in [0.2, 0.25) is 0 Å². The first-order chi connectivity index (χ1) is 13.0. The fourth-order valence-corrected chi connectivity index (χ4v) is 3.30. The van der Waals surface area contributed by atoms with Crippen LogP contribution >= 0.6 is 0 Å². The summed E-state index contributed by atoms with van der Waals surface area (Å²) in [6, 6.07) is 6.13. The molecule has 3 rings (SSSR count). The van der Waals surface area contributed by atoms with Crippen LogP contribution in [0.4, 0.5) is 0 Å². The third-order valence-electron chi connectivity index (χ3n) is 5.35. The van der Waals surface area contributed by atoms with Crippen molar-refractivity contribution >= 4 is 0 Å². The van der Waals surface area contributed by atoms with Gasteiger partial charge in [0.1, 0.15) is 5.60 Å². The number of nitrogens with zero attached hydrogens (tertiary/aromatic N) is 2. The summed E-state index contributed by atoms with van der Waals surface area (Å²) < 4.78 is 16.5. The Labute approximate surface area is 162 Å². The lowest BCUT2D eigenvalue weighted by atomic mass is 10.1. The van der Waals surface area contributed by atoms with E-state index in [-0.39, 0.29) is 6.61 Å². The molecule has 0 amide bonds. The Hall–Kier alpha value is -1.78. The zero-order valence-corrected chi connectivity index (χ0v) is 16.3. The van der Waals surface area contributed by atoms with Crippen molar-refractivity contribution in [3.05, 3.63) is 23.8 Å². The highest BCUT2D eigenvalue weighted by molar-refractivity contribution is 5.44. The topological polar surface area (TPSA) is 54.4 Å². The number of terminal acetylenes is 1. The molecule has 0 aromatic heterocycles. The first-order valence-corrected chi connectivity index (χ1v) is 9.64. The Kier molecular flexibility index (Phi) is 6.61. The van der Waals surface area contributed by atoms with Crippen molar-refractivity contribution in [3.63, 3.8) is 0 Å². The van der Waals surface area contributed by atoms with E-state index in [1.165, 1.54) is 5.56 Å². The van der Waals surface area contributed by atoms with Gasteiger partial charge < -0.3 is 19.3 Å². The molecule has 1 aromatic carbocycles. The number of benzene rings is 1. The van der Waals surface area contributed by atoms with Crippen molar-refractivity contribution in [1.29, 1.82) is 0 Å². The van der Waals surface area contributed by atoms with E-state index in [4.69, 9.17) is 20.6 Å².